The Bertz CT molecular complexity index is 391. The summed E-state index contributed by atoms with van der Waals surface area (Å²) in [6.07, 6.45) is 0. The second-order valence-corrected chi connectivity index (χ2v) is 4.80. The zero-order valence-electron chi connectivity index (χ0n) is 8.99. The number of carbonyl (C=O) groups excluding carboxylic acids is 1. The summed E-state index contributed by atoms with van der Waals surface area (Å²) in [7, 11) is 0. The fraction of sp³-hybridized carbons (Fsp3) is 0.417. The van der Waals surface area contributed by atoms with E-state index in [1.807, 2.05) is 31.2 Å². The van der Waals surface area contributed by atoms with Crippen LogP contribution in [0.1, 0.15) is 18.4 Å². The third kappa shape index (κ3) is 2.04. The first-order valence-electron chi connectivity index (χ1n) is 5.23. The molecule has 0 aromatic heterocycles. The molecule has 1 aromatic rings. The Morgan fingerprint density at radius 1 is 1.38 bits per heavy atom. The summed E-state index contributed by atoms with van der Waals surface area (Å²) >= 11 is 11.6. The Hall–Kier alpha value is -0.730. The third-order valence-corrected chi connectivity index (χ3v) is 3.70. The minimum Gasteiger partial charge on any atom is -0.328 e. The average molecular weight is 258 g/mol. The second-order valence-electron chi connectivity index (χ2n) is 4.13. The molecular formula is C12H13Cl2NO. The maximum Gasteiger partial charge on any atom is 0.227 e. The van der Waals surface area contributed by atoms with Gasteiger partial charge in [-0.3, -0.25) is 4.79 Å². The molecule has 2 nitrogen and oxygen atoms in total. The van der Waals surface area contributed by atoms with E-state index >= 15 is 0 Å². The van der Waals surface area contributed by atoms with Crippen molar-refractivity contribution in [3.63, 3.8) is 0 Å². The SMILES string of the molecule is CC1C(=O)N(CCl)CC1c1ccc(Cl)cc1. The third-order valence-electron chi connectivity index (χ3n) is 3.16. The van der Waals surface area contributed by atoms with Gasteiger partial charge in [0.1, 0.15) is 0 Å². The Kier molecular flexibility index (Phi) is 3.41. The highest BCUT2D eigenvalue weighted by atomic mass is 35.5. The number of nitrogens with zero attached hydrogens (tertiary/aromatic N) is 1. The number of amides is 1. The zero-order valence-corrected chi connectivity index (χ0v) is 10.5. The molecule has 0 saturated carbocycles. The van der Waals surface area contributed by atoms with Crippen molar-refractivity contribution in [2.45, 2.75) is 12.8 Å². The highest BCUT2D eigenvalue weighted by Gasteiger charge is 2.37. The summed E-state index contributed by atoms with van der Waals surface area (Å²) in [5.41, 5.74) is 1.15. The molecule has 1 heterocycles. The van der Waals surface area contributed by atoms with Gasteiger partial charge in [-0.05, 0) is 17.7 Å². The van der Waals surface area contributed by atoms with E-state index in [2.05, 4.69) is 0 Å². The van der Waals surface area contributed by atoms with Crippen molar-refractivity contribution in [2.75, 3.05) is 12.5 Å². The number of halogens is 2. The first-order valence-corrected chi connectivity index (χ1v) is 6.15. The molecule has 2 unspecified atom stereocenters. The molecule has 1 aliphatic rings. The average Bonchev–Trinajstić information content (AvgIpc) is 2.57. The van der Waals surface area contributed by atoms with Gasteiger partial charge in [-0.1, -0.05) is 30.7 Å². The van der Waals surface area contributed by atoms with E-state index in [4.69, 9.17) is 23.2 Å². The van der Waals surface area contributed by atoms with Crippen molar-refractivity contribution < 1.29 is 4.79 Å². The van der Waals surface area contributed by atoms with Crippen molar-refractivity contribution in [1.82, 2.24) is 4.90 Å². The molecule has 1 saturated heterocycles. The first-order chi connectivity index (χ1) is 7.63. The number of benzene rings is 1. The molecular weight excluding hydrogens is 245 g/mol. The van der Waals surface area contributed by atoms with Crippen molar-refractivity contribution >= 4 is 29.1 Å². The Morgan fingerprint density at radius 2 is 2.00 bits per heavy atom. The van der Waals surface area contributed by atoms with Gasteiger partial charge < -0.3 is 4.90 Å². The van der Waals surface area contributed by atoms with Crippen LogP contribution in [0.5, 0.6) is 0 Å². The minimum atomic E-state index is -0.0000690. The van der Waals surface area contributed by atoms with Crippen molar-refractivity contribution in [3.05, 3.63) is 34.9 Å². The molecule has 2 atom stereocenters. The molecule has 1 aromatic carbocycles. The fourth-order valence-electron chi connectivity index (χ4n) is 2.16. The maximum absolute atomic E-state index is 11.8. The number of hydrogen-bond donors (Lipinski definition) is 0. The van der Waals surface area contributed by atoms with E-state index < -0.39 is 0 Å². The molecule has 16 heavy (non-hydrogen) atoms. The molecule has 2 rings (SSSR count). The minimum absolute atomic E-state index is 0.0000690. The predicted octanol–water partition coefficient (Wildman–Crippen LogP) is 3.10. The van der Waals surface area contributed by atoms with Crippen LogP contribution < -0.4 is 0 Å². The Balaban J connectivity index is 2.23. The van der Waals surface area contributed by atoms with E-state index in [1.54, 1.807) is 4.90 Å². The molecule has 0 N–H and O–H groups in total. The van der Waals surface area contributed by atoms with E-state index in [-0.39, 0.29) is 23.7 Å². The summed E-state index contributed by atoms with van der Waals surface area (Å²) in [6, 6.07) is 7.95. The van der Waals surface area contributed by atoms with E-state index in [1.165, 1.54) is 0 Å². The van der Waals surface area contributed by atoms with Crippen LogP contribution in [0.4, 0.5) is 0 Å². The summed E-state index contributed by atoms with van der Waals surface area (Å²) in [4.78, 5) is 13.5. The van der Waals surface area contributed by atoms with E-state index in [0.29, 0.717) is 6.54 Å². The number of carbonyl (C=O) groups is 1. The van der Waals surface area contributed by atoms with Gasteiger partial charge in [0, 0.05) is 23.4 Å². The topological polar surface area (TPSA) is 20.3 Å². The van der Waals surface area contributed by atoms with Gasteiger partial charge in [0.25, 0.3) is 0 Å². The Morgan fingerprint density at radius 3 is 2.50 bits per heavy atom. The van der Waals surface area contributed by atoms with Gasteiger partial charge in [-0.15, -0.1) is 11.6 Å². The van der Waals surface area contributed by atoms with Crippen molar-refractivity contribution in [3.8, 4) is 0 Å². The summed E-state index contributed by atoms with van der Waals surface area (Å²) in [6.45, 7) is 2.65. The van der Waals surface area contributed by atoms with Gasteiger partial charge >= 0.3 is 0 Å². The van der Waals surface area contributed by atoms with Gasteiger partial charge in [0.2, 0.25) is 5.91 Å². The highest BCUT2D eigenvalue weighted by Crippen LogP contribution is 2.33. The number of hydrogen-bond acceptors (Lipinski definition) is 1. The van der Waals surface area contributed by atoms with Crippen LogP contribution >= 0.6 is 23.2 Å². The number of rotatable bonds is 2. The summed E-state index contributed by atoms with van der Waals surface area (Å²) in [5, 5.41) is 0.718. The van der Waals surface area contributed by atoms with Crippen LogP contribution in [0.2, 0.25) is 5.02 Å². The largest absolute Gasteiger partial charge is 0.328 e. The standard InChI is InChI=1S/C12H13Cl2NO/c1-8-11(6-15(7-13)12(8)16)9-2-4-10(14)5-3-9/h2-5,8,11H,6-7H2,1H3. The monoisotopic (exact) mass is 257 g/mol. The molecule has 86 valence electrons. The van der Waals surface area contributed by atoms with Crippen LogP contribution in [0.25, 0.3) is 0 Å². The van der Waals surface area contributed by atoms with Crippen LogP contribution in [0, 0.1) is 5.92 Å². The fourth-order valence-corrected chi connectivity index (χ4v) is 2.50. The van der Waals surface area contributed by atoms with Crippen LogP contribution in [0.15, 0.2) is 24.3 Å². The first kappa shape index (κ1) is 11.7. The van der Waals surface area contributed by atoms with Crippen LogP contribution in [0.3, 0.4) is 0 Å². The van der Waals surface area contributed by atoms with Gasteiger partial charge in [0.15, 0.2) is 0 Å². The molecule has 0 aliphatic carbocycles. The lowest BCUT2D eigenvalue weighted by molar-refractivity contribution is -0.129. The smallest absolute Gasteiger partial charge is 0.227 e. The van der Waals surface area contributed by atoms with Crippen molar-refractivity contribution in [2.24, 2.45) is 5.92 Å². The lowest BCUT2D eigenvalue weighted by Crippen LogP contribution is -2.24. The molecule has 1 amide bonds. The van der Waals surface area contributed by atoms with E-state index in [0.717, 1.165) is 10.6 Å². The number of alkyl halides is 1. The lowest BCUT2D eigenvalue weighted by atomic mass is 9.90. The predicted molar refractivity (Wildman–Crippen MR) is 65.8 cm³/mol. The molecule has 1 aliphatic heterocycles. The van der Waals surface area contributed by atoms with Gasteiger partial charge in [-0.25, -0.2) is 0 Å². The maximum atomic E-state index is 11.8. The molecule has 0 radical (unpaired) electrons. The highest BCUT2D eigenvalue weighted by molar-refractivity contribution is 6.30. The second kappa shape index (κ2) is 4.64. The molecule has 0 bridgehead atoms. The van der Waals surface area contributed by atoms with Crippen molar-refractivity contribution in [1.29, 1.82) is 0 Å². The summed E-state index contributed by atoms with van der Waals surface area (Å²) < 4.78 is 0. The summed E-state index contributed by atoms with van der Waals surface area (Å²) in [5.74, 6) is 0.360. The molecule has 1 fully saturated rings. The van der Waals surface area contributed by atoms with E-state index in [9.17, 15) is 4.79 Å². The normalized spacial score (nSPS) is 25.2. The zero-order chi connectivity index (χ0) is 11.7. The molecule has 0 spiro atoms. The van der Waals surface area contributed by atoms with Gasteiger partial charge in [0.05, 0.1) is 6.00 Å². The lowest BCUT2D eigenvalue weighted by Gasteiger charge is -2.13. The number of likely N-dealkylation sites (tertiary alicyclic amines) is 1. The Labute approximate surface area is 105 Å². The van der Waals surface area contributed by atoms with Crippen LogP contribution in [-0.4, -0.2) is 23.4 Å². The quantitative estimate of drug-likeness (QED) is 0.589. The van der Waals surface area contributed by atoms with Gasteiger partial charge in [-0.2, -0.15) is 0 Å². The molecule has 4 heteroatoms. The van der Waals surface area contributed by atoms with Crippen LogP contribution in [-0.2, 0) is 4.79 Å².